The number of ether oxygens (including phenoxy) is 1. The molecule has 140 valence electrons. The average Bonchev–Trinajstić information content (AvgIpc) is 3.20. The van der Waals surface area contributed by atoms with Gasteiger partial charge in [0, 0.05) is 25.2 Å². The highest BCUT2D eigenvalue weighted by atomic mass is 16.5. The van der Waals surface area contributed by atoms with Crippen LogP contribution in [-0.2, 0) is 11.3 Å². The number of carbonyl (C=O) groups is 1. The lowest BCUT2D eigenvalue weighted by molar-refractivity contribution is -0.125. The maximum atomic E-state index is 12.7. The molecule has 1 unspecified atom stereocenters. The zero-order valence-electron chi connectivity index (χ0n) is 15.2. The number of fused-ring (bicyclic) bond motifs is 1. The van der Waals surface area contributed by atoms with E-state index >= 15 is 0 Å². The molecule has 1 amide bonds. The van der Waals surface area contributed by atoms with Crippen LogP contribution in [0.3, 0.4) is 0 Å². The Balaban J connectivity index is 1.40. The van der Waals surface area contributed by atoms with Crippen molar-refractivity contribution in [2.45, 2.75) is 19.4 Å². The maximum absolute atomic E-state index is 12.7. The fourth-order valence-electron chi connectivity index (χ4n) is 3.46. The van der Waals surface area contributed by atoms with Crippen molar-refractivity contribution in [3.63, 3.8) is 0 Å². The van der Waals surface area contributed by atoms with Crippen molar-refractivity contribution in [1.29, 1.82) is 0 Å². The highest BCUT2D eigenvalue weighted by Crippen LogP contribution is 2.22. The van der Waals surface area contributed by atoms with Gasteiger partial charge in [-0.15, -0.1) is 15.3 Å². The number of rotatable bonds is 5. The van der Waals surface area contributed by atoms with Crippen molar-refractivity contribution in [1.82, 2.24) is 25.1 Å². The summed E-state index contributed by atoms with van der Waals surface area (Å²) in [5.41, 5.74) is 1.68. The van der Waals surface area contributed by atoms with Crippen LogP contribution in [0, 0.1) is 5.92 Å². The van der Waals surface area contributed by atoms with Crippen LogP contribution in [0.1, 0.15) is 18.4 Å². The van der Waals surface area contributed by atoms with E-state index in [9.17, 15) is 4.79 Å². The van der Waals surface area contributed by atoms with Crippen molar-refractivity contribution in [2.75, 3.05) is 25.1 Å². The van der Waals surface area contributed by atoms with Crippen molar-refractivity contribution < 1.29 is 9.53 Å². The molecule has 1 fully saturated rings. The number of piperidine rings is 1. The number of nitrogens with zero attached hydrogens (tertiary/aromatic N) is 5. The van der Waals surface area contributed by atoms with E-state index in [-0.39, 0.29) is 11.8 Å². The van der Waals surface area contributed by atoms with E-state index in [1.165, 1.54) is 0 Å². The molecule has 1 N–H and O–H groups in total. The average molecular weight is 366 g/mol. The van der Waals surface area contributed by atoms with Gasteiger partial charge in [0.2, 0.25) is 5.91 Å². The first kappa shape index (κ1) is 17.3. The van der Waals surface area contributed by atoms with Gasteiger partial charge in [0.25, 0.3) is 0 Å². The normalized spacial score (nSPS) is 17.1. The largest absolute Gasteiger partial charge is 0.496 e. The molecule has 1 saturated heterocycles. The minimum Gasteiger partial charge on any atom is -0.496 e. The first-order valence-electron chi connectivity index (χ1n) is 9.06. The lowest BCUT2D eigenvalue weighted by Gasteiger charge is -2.32. The first-order valence-corrected chi connectivity index (χ1v) is 9.06. The molecule has 4 rings (SSSR count). The Bertz CT molecular complexity index is 941. The molecule has 1 aliphatic heterocycles. The Labute approximate surface area is 157 Å². The van der Waals surface area contributed by atoms with Crippen LogP contribution in [0.15, 0.2) is 42.7 Å². The number of hydrogen-bond acceptors (Lipinski definition) is 6. The minimum absolute atomic E-state index is 0.0631. The molecule has 1 aliphatic rings. The molecule has 27 heavy (non-hydrogen) atoms. The molecule has 0 radical (unpaired) electrons. The first-order chi connectivity index (χ1) is 13.2. The van der Waals surface area contributed by atoms with Crippen molar-refractivity contribution in [3.8, 4) is 5.75 Å². The number of nitrogens with one attached hydrogen (secondary N) is 1. The number of methoxy groups -OCH3 is 1. The number of benzene rings is 1. The summed E-state index contributed by atoms with van der Waals surface area (Å²) in [5, 5.41) is 15.4. The molecule has 2 aromatic heterocycles. The molecule has 0 saturated carbocycles. The summed E-state index contributed by atoms with van der Waals surface area (Å²) in [4.78, 5) is 14.8. The third-order valence-corrected chi connectivity index (χ3v) is 4.91. The predicted molar refractivity (Wildman–Crippen MR) is 101 cm³/mol. The van der Waals surface area contributed by atoms with Gasteiger partial charge in [0.15, 0.2) is 5.65 Å². The Morgan fingerprint density at radius 3 is 3.07 bits per heavy atom. The SMILES string of the molecule is COc1ccccc1CNC(=O)C1CCCN(c2ccc3nncn3n2)C1. The van der Waals surface area contributed by atoms with E-state index in [0.717, 1.165) is 36.5 Å². The molecule has 1 aromatic carbocycles. The summed E-state index contributed by atoms with van der Waals surface area (Å²) in [6.45, 7) is 2.00. The highest BCUT2D eigenvalue weighted by molar-refractivity contribution is 5.79. The van der Waals surface area contributed by atoms with Crippen molar-refractivity contribution in [3.05, 3.63) is 48.3 Å². The van der Waals surface area contributed by atoms with Gasteiger partial charge in [0.05, 0.1) is 13.0 Å². The third kappa shape index (κ3) is 3.69. The van der Waals surface area contributed by atoms with Gasteiger partial charge in [-0.05, 0) is 31.0 Å². The molecule has 8 nitrogen and oxygen atoms in total. The number of aromatic nitrogens is 4. The van der Waals surface area contributed by atoms with Gasteiger partial charge >= 0.3 is 0 Å². The van der Waals surface area contributed by atoms with Crippen molar-refractivity contribution >= 4 is 17.4 Å². The lowest BCUT2D eigenvalue weighted by atomic mass is 9.97. The second kappa shape index (κ2) is 7.61. The van der Waals surface area contributed by atoms with Gasteiger partial charge in [-0.3, -0.25) is 4.79 Å². The molecular formula is C19H22N6O2. The highest BCUT2D eigenvalue weighted by Gasteiger charge is 2.26. The summed E-state index contributed by atoms with van der Waals surface area (Å²) in [7, 11) is 1.64. The fourth-order valence-corrected chi connectivity index (χ4v) is 3.46. The number of hydrogen-bond donors (Lipinski definition) is 1. The smallest absolute Gasteiger partial charge is 0.225 e. The fraction of sp³-hybridized carbons (Fsp3) is 0.368. The molecule has 0 spiro atoms. The van der Waals surface area contributed by atoms with E-state index in [2.05, 4.69) is 25.5 Å². The lowest BCUT2D eigenvalue weighted by Crippen LogP contribution is -2.43. The maximum Gasteiger partial charge on any atom is 0.225 e. The summed E-state index contributed by atoms with van der Waals surface area (Å²) in [6.07, 6.45) is 3.41. The summed E-state index contributed by atoms with van der Waals surface area (Å²) in [5.74, 6) is 1.63. The number of anilines is 1. The molecule has 0 aliphatic carbocycles. The van der Waals surface area contributed by atoms with Crippen LogP contribution in [0.5, 0.6) is 5.75 Å². The summed E-state index contributed by atoms with van der Waals surface area (Å²) < 4.78 is 7.00. The minimum atomic E-state index is -0.0631. The Hall–Kier alpha value is -3.16. The summed E-state index contributed by atoms with van der Waals surface area (Å²) in [6, 6.07) is 11.5. The van der Waals surface area contributed by atoms with E-state index in [0.29, 0.717) is 18.7 Å². The van der Waals surface area contributed by atoms with E-state index in [4.69, 9.17) is 4.74 Å². The van der Waals surface area contributed by atoms with Crippen LogP contribution in [0.2, 0.25) is 0 Å². The second-order valence-electron chi connectivity index (χ2n) is 6.64. The molecule has 1 atom stereocenters. The van der Waals surface area contributed by atoms with Gasteiger partial charge in [-0.2, -0.15) is 4.52 Å². The van der Waals surface area contributed by atoms with Crippen LogP contribution in [-0.4, -0.2) is 45.9 Å². The predicted octanol–water partition coefficient (Wildman–Crippen LogP) is 1.67. The molecule has 8 heteroatoms. The molecular weight excluding hydrogens is 344 g/mol. The van der Waals surface area contributed by atoms with Gasteiger partial charge in [-0.25, -0.2) is 0 Å². The van der Waals surface area contributed by atoms with Crippen LogP contribution >= 0.6 is 0 Å². The second-order valence-corrected chi connectivity index (χ2v) is 6.64. The zero-order valence-corrected chi connectivity index (χ0v) is 15.2. The van der Waals surface area contributed by atoms with Gasteiger partial charge in [0.1, 0.15) is 17.9 Å². The van der Waals surface area contributed by atoms with Crippen molar-refractivity contribution in [2.24, 2.45) is 5.92 Å². The molecule has 3 aromatic rings. The Morgan fingerprint density at radius 1 is 1.30 bits per heavy atom. The zero-order chi connectivity index (χ0) is 18.6. The van der Waals surface area contributed by atoms with Crippen LogP contribution in [0.4, 0.5) is 5.82 Å². The van der Waals surface area contributed by atoms with Crippen LogP contribution in [0.25, 0.3) is 5.65 Å². The molecule has 0 bridgehead atoms. The quantitative estimate of drug-likeness (QED) is 0.739. The number of amides is 1. The van der Waals surface area contributed by atoms with Gasteiger partial charge in [-0.1, -0.05) is 18.2 Å². The van der Waals surface area contributed by atoms with Gasteiger partial charge < -0.3 is 15.0 Å². The molecule has 3 heterocycles. The van der Waals surface area contributed by atoms with E-state index in [1.807, 2.05) is 36.4 Å². The standard InChI is InChI=1S/C19H22N6O2/c1-27-16-7-3-2-5-14(16)11-20-19(26)15-6-4-10-24(12-15)18-9-8-17-22-21-13-25(17)23-18/h2-3,5,7-9,13,15H,4,6,10-12H2,1H3,(H,20,26). The third-order valence-electron chi connectivity index (χ3n) is 4.91. The van der Waals surface area contributed by atoms with E-state index in [1.54, 1.807) is 18.0 Å². The number of carbonyl (C=O) groups excluding carboxylic acids is 1. The Morgan fingerprint density at radius 2 is 2.19 bits per heavy atom. The monoisotopic (exact) mass is 366 g/mol. The van der Waals surface area contributed by atoms with E-state index < -0.39 is 0 Å². The summed E-state index contributed by atoms with van der Waals surface area (Å²) >= 11 is 0. The number of para-hydroxylation sites is 1. The topological polar surface area (TPSA) is 84.6 Å². The van der Waals surface area contributed by atoms with Crippen LogP contribution < -0.4 is 15.0 Å². The Kier molecular flexibility index (Phi) is 4.86.